The second-order valence-electron chi connectivity index (χ2n) is 5.47. The van der Waals surface area contributed by atoms with E-state index in [4.69, 9.17) is 16.3 Å². The minimum absolute atomic E-state index is 0.0000891. The van der Waals surface area contributed by atoms with Gasteiger partial charge in [0.25, 0.3) is 5.91 Å². The summed E-state index contributed by atoms with van der Waals surface area (Å²) in [5, 5.41) is 0.501. The summed E-state index contributed by atoms with van der Waals surface area (Å²) in [5.74, 6) is 0.245. The quantitative estimate of drug-likeness (QED) is 0.836. The molecule has 0 saturated heterocycles. The maximum absolute atomic E-state index is 12.4. The van der Waals surface area contributed by atoms with Crippen molar-refractivity contribution >= 4 is 29.1 Å². The molecule has 1 unspecified atom stereocenters. The standard InChI is InChI=1S/C16H21ClN2O3/c1-4-5-8-18(3)15(20)10-19-13-9-12(17)6-7-14(13)22-11(2)16(19)21/h6-7,9,11H,4-5,8,10H2,1-3H3. The average Bonchev–Trinajstić information content (AvgIpc) is 2.49. The number of carbonyl (C=O) groups is 2. The van der Waals surface area contributed by atoms with Gasteiger partial charge in [0.2, 0.25) is 5.91 Å². The van der Waals surface area contributed by atoms with E-state index in [1.807, 2.05) is 0 Å². The zero-order chi connectivity index (χ0) is 16.3. The lowest BCUT2D eigenvalue weighted by molar-refractivity contribution is -0.132. The van der Waals surface area contributed by atoms with Crippen LogP contribution >= 0.6 is 11.6 Å². The van der Waals surface area contributed by atoms with Crippen LogP contribution in [0.5, 0.6) is 5.75 Å². The molecule has 1 aliphatic heterocycles. The summed E-state index contributed by atoms with van der Waals surface area (Å²) in [4.78, 5) is 27.8. The smallest absolute Gasteiger partial charge is 0.268 e. The van der Waals surface area contributed by atoms with Crippen molar-refractivity contribution in [3.8, 4) is 5.75 Å². The van der Waals surface area contributed by atoms with E-state index in [0.29, 0.717) is 23.0 Å². The summed E-state index contributed by atoms with van der Waals surface area (Å²) in [6.45, 7) is 4.44. The summed E-state index contributed by atoms with van der Waals surface area (Å²) >= 11 is 6.00. The van der Waals surface area contributed by atoms with E-state index in [9.17, 15) is 9.59 Å². The van der Waals surface area contributed by atoms with E-state index in [1.165, 1.54) is 4.90 Å². The molecular formula is C16H21ClN2O3. The van der Waals surface area contributed by atoms with Crippen molar-refractivity contribution in [3.63, 3.8) is 0 Å². The first-order valence-corrected chi connectivity index (χ1v) is 7.83. The summed E-state index contributed by atoms with van der Waals surface area (Å²) in [6.07, 6.45) is 1.35. The Bertz CT molecular complexity index is 577. The topological polar surface area (TPSA) is 49.9 Å². The fourth-order valence-corrected chi connectivity index (χ4v) is 2.49. The summed E-state index contributed by atoms with van der Waals surface area (Å²) in [6, 6.07) is 5.08. The Morgan fingerprint density at radius 3 is 2.86 bits per heavy atom. The number of ether oxygens (including phenoxy) is 1. The van der Waals surface area contributed by atoms with Crippen LogP contribution in [0.3, 0.4) is 0 Å². The predicted octanol–water partition coefficient (Wildman–Crippen LogP) is 2.71. The third-order valence-electron chi connectivity index (χ3n) is 3.70. The first kappa shape index (κ1) is 16.6. The van der Waals surface area contributed by atoms with Gasteiger partial charge in [0.15, 0.2) is 6.10 Å². The number of benzene rings is 1. The summed E-state index contributed by atoms with van der Waals surface area (Å²) < 4.78 is 5.56. The molecule has 2 amide bonds. The highest BCUT2D eigenvalue weighted by molar-refractivity contribution is 6.31. The molecule has 1 atom stereocenters. The van der Waals surface area contributed by atoms with Crippen molar-refractivity contribution in [2.24, 2.45) is 0 Å². The van der Waals surface area contributed by atoms with E-state index in [2.05, 4.69) is 6.92 Å². The number of nitrogens with zero attached hydrogens (tertiary/aromatic N) is 2. The number of hydrogen-bond acceptors (Lipinski definition) is 3. The average molecular weight is 325 g/mol. The Morgan fingerprint density at radius 1 is 1.45 bits per heavy atom. The molecule has 0 bridgehead atoms. The van der Waals surface area contributed by atoms with Crippen LogP contribution in [0.4, 0.5) is 5.69 Å². The molecule has 2 rings (SSSR count). The normalized spacial score (nSPS) is 17.0. The molecule has 1 heterocycles. The molecule has 0 saturated carbocycles. The molecule has 6 heteroatoms. The highest BCUT2D eigenvalue weighted by atomic mass is 35.5. The van der Waals surface area contributed by atoms with Crippen molar-refractivity contribution in [2.45, 2.75) is 32.8 Å². The minimum Gasteiger partial charge on any atom is -0.479 e. The van der Waals surface area contributed by atoms with Gasteiger partial charge < -0.3 is 9.64 Å². The van der Waals surface area contributed by atoms with Crippen LogP contribution in [-0.4, -0.2) is 43.0 Å². The largest absolute Gasteiger partial charge is 0.479 e. The van der Waals surface area contributed by atoms with Crippen LogP contribution in [0, 0.1) is 0 Å². The summed E-state index contributed by atoms with van der Waals surface area (Å²) in [7, 11) is 1.76. The Kier molecular flexibility index (Phi) is 5.29. The molecule has 0 aliphatic carbocycles. The Labute approximate surface area is 135 Å². The van der Waals surface area contributed by atoms with Crippen LogP contribution in [0.15, 0.2) is 18.2 Å². The van der Waals surface area contributed by atoms with Gasteiger partial charge in [-0.2, -0.15) is 0 Å². The van der Waals surface area contributed by atoms with Gasteiger partial charge in [0.05, 0.1) is 5.69 Å². The van der Waals surface area contributed by atoms with Gasteiger partial charge in [-0.15, -0.1) is 0 Å². The molecule has 5 nitrogen and oxygen atoms in total. The van der Waals surface area contributed by atoms with Gasteiger partial charge in [-0.05, 0) is 31.5 Å². The van der Waals surface area contributed by atoms with Gasteiger partial charge in [0, 0.05) is 18.6 Å². The van der Waals surface area contributed by atoms with Gasteiger partial charge in [0.1, 0.15) is 12.3 Å². The SMILES string of the molecule is CCCCN(C)C(=O)CN1C(=O)C(C)Oc2ccc(Cl)cc21. The zero-order valence-corrected chi connectivity index (χ0v) is 13.9. The lowest BCUT2D eigenvalue weighted by atomic mass is 10.2. The van der Waals surface area contributed by atoms with E-state index >= 15 is 0 Å². The Balaban J connectivity index is 2.20. The number of rotatable bonds is 5. The molecule has 1 aromatic carbocycles. The highest BCUT2D eigenvalue weighted by Crippen LogP contribution is 2.36. The molecule has 0 fully saturated rings. The first-order chi connectivity index (χ1) is 10.4. The van der Waals surface area contributed by atoms with Gasteiger partial charge in [-0.1, -0.05) is 24.9 Å². The van der Waals surface area contributed by atoms with Crippen molar-refractivity contribution in [2.75, 3.05) is 25.0 Å². The Hall–Kier alpha value is -1.75. The van der Waals surface area contributed by atoms with Gasteiger partial charge >= 0.3 is 0 Å². The third-order valence-corrected chi connectivity index (χ3v) is 3.93. The molecule has 120 valence electrons. The first-order valence-electron chi connectivity index (χ1n) is 7.45. The molecule has 22 heavy (non-hydrogen) atoms. The van der Waals surface area contributed by atoms with Gasteiger partial charge in [-0.3, -0.25) is 14.5 Å². The van der Waals surface area contributed by atoms with Crippen molar-refractivity contribution in [3.05, 3.63) is 23.2 Å². The molecule has 0 N–H and O–H groups in total. The minimum atomic E-state index is -0.609. The summed E-state index contributed by atoms with van der Waals surface area (Å²) in [5.41, 5.74) is 0.549. The lowest BCUT2D eigenvalue weighted by Crippen LogP contribution is -2.49. The number of hydrogen-bond donors (Lipinski definition) is 0. The van der Waals surface area contributed by atoms with Crippen LogP contribution in [0.25, 0.3) is 0 Å². The molecular weight excluding hydrogens is 304 g/mol. The predicted molar refractivity (Wildman–Crippen MR) is 86.4 cm³/mol. The highest BCUT2D eigenvalue weighted by Gasteiger charge is 2.33. The van der Waals surface area contributed by atoms with Crippen LogP contribution in [0.1, 0.15) is 26.7 Å². The lowest BCUT2D eigenvalue weighted by Gasteiger charge is -2.33. The number of fused-ring (bicyclic) bond motifs is 1. The molecule has 0 radical (unpaired) electrons. The molecule has 0 spiro atoms. The Morgan fingerprint density at radius 2 is 2.18 bits per heavy atom. The van der Waals surface area contributed by atoms with Crippen molar-refractivity contribution in [1.82, 2.24) is 4.90 Å². The number of likely N-dealkylation sites (N-methyl/N-ethyl adjacent to an activating group) is 1. The molecule has 0 aromatic heterocycles. The molecule has 1 aliphatic rings. The number of halogens is 1. The molecule has 1 aromatic rings. The fourth-order valence-electron chi connectivity index (χ4n) is 2.32. The van der Waals surface area contributed by atoms with E-state index in [-0.39, 0.29) is 18.4 Å². The third kappa shape index (κ3) is 3.53. The maximum Gasteiger partial charge on any atom is 0.268 e. The van der Waals surface area contributed by atoms with Crippen LogP contribution in [-0.2, 0) is 9.59 Å². The van der Waals surface area contributed by atoms with E-state index in [0.717, 1.165) is 12.8 Å². The second-order valence-corrected chi connectivity index (χ2v) is 5.90. The number of anilines is 1. The van der Waals surface area contributed by atoms with E-state index in [1.54, 1.807) is 37.1 Å². The van der Waals surface area contributed by atoms with Crippen LogP contribution < -0.4 is 9.64 Å². The van der Waals surface area contributed by atoms with Crippen molar-refractivity contribution < 1.29 is 14.3 Å². The second kappa shape index (κ2) is 7.01. The monoisotopic (exact) mass is 324 g/mol. The van der Waals surface area contributed by atoms with Crippen LogP contribution in [0.2, 0.25) is 5.02 Å². The van der Waals surface area contributed by atoms with Crippen molar-refractivity contribution in [1.29, 1.82) is 0 Å². The number of carbonyl (C=O) groups excluding carboxylic acids is 2. The maximum atomic E-state index is 12.4. The number of amides is 2. The zero-order valence-electron chi connectivity index (χ0n) is 13.1. The fraction of sp³-hybridized carbons (Fsp3) is 0.500. The van der Waals surface area contributed by atoms with Gasteiger partial charge in [-0.25, -0.2) is 0 Å². The number of unbranched alkanes of at least 4 members (excludes halogenated alkanes) is 1. The van der Waals surface area contributed by atoms with E-state index < -0.39 is 6.10 Å².